The van der Waals surface area contributed by atoms with E-state index in [0.29, 0.717) is 0 Å². The maximum absolute atomic E-state index is 7.00. The molecular weight excluding hydrogens is 419 g/mol. The summed E-state index contributed by atoms with van der Waals surface area (Å²) in [5.41, 5.74) is 10.9. The lowest BCUT2D eigenvalue weighted by Crippen LogP contribution is -1.94. The van der Waals surface area contributed by atoms with Gasteiger partial charge in [0.1, 0.15) is 0 Å². The van der Waals surface area contributed by atoms with Gasteiger partial charge in [-0.3, -0.25) is 0 Å². The van der Waals surface area contributed by atoms with Gasteiger partial charge in [0.2, 0.25) is 0 Å². The molecule has 5 aromatic rings. The van der Waals surface area contributed by atoms with Gasteiger partial charge in [0.15, 0.2) is 5.82 Å². The Morgan fingerprint density at radius 2 is 1.24 bits per heavy atom. The molecule has 6 rings (SSSR count). The van der Waals surface area contributed by atoms with Crippen molar-refractivity contribution in [2.75, 3.05) is 0 Å². The highest BCUT2D eigenvalue weighted by Crippen LogP contribution is 2.38. The molecule has 0 bridgehead atoms. The molecule has 0 atom stereocenters. The number of aromatic nitrogens is 2. The van der Waals surface area contributed by atoms with Crippen LogP contribution in [-0.2, 0) is 6.42 Å². The normalized spacial score (nSPS) is 11.1. The quantitative estimate of drug-likeness (QED) is 0.353. The van der Waals surface area contributed by atoms with Gasteiger partial charge >= 0.3 is 7.69 Å². The number of benzene rings is 4. The molecule has 1 aliphatic rings. The number of hydrogen-bond donors (Lipinski definition) is 2. The van der Waals surface area contributed by atoms with E-state index in [4.69, 9.17) is 15.0 Å². The number of hydrogen-bond acceptors (Lipinski definition) is 4. The fourth-order valence-electron chi connectivity index (χ4n) is 4.50. The molecule has 2 N–H and O–H groups in total. The van der Waals surface area contributed by atoms with Crippen molar-refractivity contribution < 1.29 is 10.0 Å². The predicted octanol–water partition coefficient (Wildman–Crippen LogP) is 5.55. The van der Waals surface area contributed by atoms with Crippen LogP contribution in [0, 0.1) is 0 Å². The Morgan fingerprint density at radius 3 is 2.03 bits per heavy atom. The van der Waals surface area contributed by atoms with Crippen LogP contribution in [0.1, 0.15) is 11.1 Å². The van der Waals surface area contributed by atoms with E-state index in [1.165, 1.54) is 27.8 Å². The van der Waals surface area contributed by atoms with Crippen LogP contribution in [-0.4, -0.2) is 27.7 Å². The zero-order valence-corrected chi connectivity index (χ0v) is 18.5. The molecule has 5 heteroatoms. The van der Waals surface area contributed by atoms with Gasteiger partial charge in [0, 0.05) is 17.3 Å². The predicted molar refractivity (Wildman–Crippen MR) is 137 cm³/mol. The highest BCUT2D eigenvalue weighted by atomic mass is 16.4. The summed E-state index contributed by atoms with van der Waals surface area (Å²) in [6.45, 7) is 0. The average Bonchev–Trinajstić information content (AvgIpc) is 3.28. The minimum Gasteiger partial charge on any atom is -0.429 e. The topological polar surface area (TPSA) is 66.2 Å². The molecule has 0 saturated heterocycles. The molecule has 0 unspecified atom stereocenters. The fraction of sp³-hybridized carbons (Fsp3) is 0.0345. The molecule has 1 radical (unpaired) electrons. The van der Waals surface area contributed by atoms with Gasteiger partial charge in [0.05, 0.1) is 5.69 Å². The first kappa shape index (κ1) is 21.8. The SMILES string of the molecule is O[B]O.c1ccc(-c2ccccc2-c2nccc(-c3ccc4c(c3)Cc3ccccc3-4)n2)cc1. The van der Waals surface area contributed by atoms with Crippen LogP contribution in [0.3, 0.4) is 0 Å². The van der Waals surface area contributed by atoms with E-state index < -0.39 is 0 Å². The van der Waals surface area contributed by atoms with Crippen molar-refractivity contribution >= 4 is 7.69 Å². The summed E-state index contributed by atoms with van der Waals surface area (Å²) in [6, 6.07) is 36.1. The molecule has 0 aliphatic heterocycles. The van der Waals surface area contributed by atoms with E-state index in [0.717, 1.165) is 34.6 Å². The van der Waals surface area contributed by atoms with Gasteiger partial charge in [-0.1, -0.05) is 91.0 Å². The van der Waals surface area contributed by atoms with Gasteiger partial charge in [-0.15, -0.1) is 0 Å². The number of rotatable bonds is 3. The minimum atomic E-state index is 0. The van der Waals surface area contributed by atoms with Crippen LogP contribution < -0.4 is 0 Å². The zero-order valence-electron chi connectivity index (χ0n) is 18.5. The first-order valence-electron chi connectivity index (χ1n) is 11.1. The third kappa shape index (κ3) is 4.27. The number of nitrogens with zero attached hydrogens (tertiary/aromatic N) is 2. The Morgan fingerprint density at radius 1 is 0.588 bits per heavy atom. The molecule has 1 heterocycles. The third-order valence-electron chi connectivity index (χ3n) is 6.00. The Hall–Kier alpha value is -4.06. The summed E-state index contributed by atoms with van der Waals surface area (Å²) in [5.74, 6) is 0.751. The molecule has 0 spiro atoms. The monoisotopic (exact) mass is 441 g/mol. The van der Waals surface area contributed by atoms with Gasteiger partial charge in [0.25, 0.3) is 0 Å². The second-order valence-corrected chi connectivity index (χ2v) is 8.00. The molecule has 34 heavy (non-hydrogen) atoms. The highest BCUT2D eigenvalue weighted by Gasteiger charge is 2.18. The Balaban J connectivity index is 0.000000764. The second-order valence-electron chi connectivity index (χ2n) is 8.00. The van der Waals surface area contributed by atoms with Gasteiger partial charge < -0.3 is 10.0 Å². The summed E-state index contributed by atoms with van der Waals surface area (Å²) >= 11 is 0. The van der Waals surface area contributed by atoms with Crippen molar-refractivity contribution in [1.29, 1.82) is 0 Å². The summed E-state index contributed by atoms with van der Waals surface area (Å²) in [5, 5.41) is 14.0. The van der Waals surface area contributed by atoms with E-state index >= 15 is 0 Å². The Kier molecular flexibility index (Phi) is 6.30. The lowest BCUT2D eigenvalue weighted by atomic mass is 9.99. The molecule has 0 fully saturated rings. The van der Waals surface area contributed by atoms with Crippen LogP contribution in [0.15, 0.2) is 109 Å². The fourth-order valence-corrected chi connectivity index (χ4v) is 4.50. The first-order chi connectivity index (χ1) is 16.8. The largest absolute Gasteiger partial charge is 0.482 e. The second kappa shape index (κ2) is 9.83. The summed E-state index contributed by atoms with van der Waals surface area (Å²) in [6.07, 6.45) is 2.84. The molecule has 1 aromatic heterocycles. The summed E-state index contributed by atoms with van der Waals surface area (Å²) in [7, 11) is 0. The van der Waals surface area contributed by atoms with E-state index in [2.05, 4.69) is 89.9 Å². The van der Waals surface area contributed by atoms with Crippen LogP contribution in [0.25, 0.3) is 44.9 Å². The molecule has 1 aliphatic carbocycles. The smallest absolute Gasteiger partial charge is 0.429 e. The van der Waals surface area contributed by atoms with E-state index in [9.17, 15) is 0 Å². The minimum absolute atomic E-state index is 0. The van der Waals surface area contributed by atoms with Gasteiger partial charge in [-0.05, 0) is 51.9 Å². The molecule has 163 valence electrons. The summed E-state index contributed by atoms with van der Waals surface area (Å²) in [4.78, 5) is 9.58. The van der Waals surface area contributed by atoms with Crippen molar-refractivity contribution in [3.05, 3.63) is 120 Å². The molecule has 4 nitrogen and oxygen atoms in total. The molecule has 0 saturated carbocycles. The van der Waals surface area contributed by atoms with E-state index in [-0.39, 0.29) is 7.69 Å². The van der Waals surface area contributed by atoms with Crippen molar-refractivity contribution in [1.82, 2.24) is 9.97 Å². The van der Waals surface area contributed by atoms with Crippen LogP contribution in [0.2, 0.25) is 0 Å². The summed E-state index contributed by atoms with van der Waals surface area (Å²) < 4.78 is 0. The van der Waals surface area contributed by atoms with E-state index in [1.807, 2.05) is 24.4 Å². The third-order valence-corrected chi connectivity index (χ3v) is 6.00. The highest BCUT2D eigenvalue weighted by molar-refractivity contribution is 6.13. The van der Waals surface area contributed by atoms with Crippen LogP contribution in [0.4, 0.5) is 0 Å². The van der Waals surface area contributed by atoms with Crippen molar-refractivity contribution in [3.8, 4) is 44.9 Å². The molecule has 4 aromatic carbocycles. The van der Waals surface area contributed by atoms with Crippen LogP contribution in [0.5, 0.6) is 0 Å². The Bertz CT molecular complexity index is 1440. The lowest BCUT2D eigenvalue weighted by Gasteiger charge is -2.10. The van der Waals surface area contributed by atoms with Crippen LogP contribution >= 0.6 is 0 Å². The Labute approximate surface area is 199 Å². The lowest BCUT2D eigenvalue weighted by molar-refractivity contribution is 0.448. The van der Waals surface area contributed by atoms with Gasteiger partial charge in [-0.25, -0.2) is 9.97 Å². The standard InChI is InChI=1S/C29H20N2.BH2O2/c1-2-8-20(9-3-1)24-11-6-7-13-27(24)29-30-17-16-28(31-29)22-14-15-26-23(19-22)18-21-10-4-5-12-25(21)26;2-1-3/h1-17,19H,18H2;2-3H. The average molecular weight is 441 g/mol. The van der Waals surface area contributed by atoms with Crippen molar-refractivity contribution in [3.63, 3.8) is 0 Å². The number of fused-ring (bicyclic) bond motifs is 3. The maximum atomic E-state index is 7.00. The van der Waals surface area contributed by atoms with Gasteiger partial charge in [-0.2, -0.15) is 0 Å². The zero-order chi connectivity index (χ0) is 23.3. The van der Waals surface area contributed by atoms with Crippen molar-refractivity contribution in [2.24, 2.45) is 0 Å². The van der Waals surface area contributed by atoms with Crippen molar-refractivity contribution in [2.45, 2.75) is 6.42 Å². The molecule has 0 amide bonds. The molecular formula is C29H22BN2O2. The maximum Gasteiger partial charge on any atom is 0.482 e. The first-order valence-corrected chi connectivity index (χ1v) is 11.1. The van der Waals surface area contributed by atoms with E-state index in [1.54, 1.807) is 0 Å².